The van der Waals surface area contributed by atoms with Crippen LogP contribution in [0.25, 0.3) is 10.1 Å². The largest absolute Gasteiger partial charge is 0.372 e. The third-order valence-electron chi connectivity index (χ3n) is 3.59. The Morgan fingerprint density at radius 3 is 2.45 bits per heavy atom. The van der Waals surface area contributed by atoms with Crippen molar-refractivity contribution in [3.05, 3.63) is 32.1 Å². The maximum absolute atomic E-state index is 12.8. The summed E-state index contributed by atoms with van der Waals surface area (Å²) in [5, 5.41) is 2.10. The van der Waals surface area contributed by atoms with Crippen LogP contribution < -0.4 is 0 Å². The minimum absolute atomic E-state index is 0.0129. The third-order valence-corrected chi connectivity index (χ3v) is 6.22. The highest BCUT2D eigenvalue weighted by molar-refractivity contribution is 7.22. The van der Waals surface area contributed by atoms with E-state index in [1.165, 1.54) is 11.3 Å². The SMILES string of the molecule is C[C@@H]1CN(C(=O)c2sc3c(Cl)c(Cl)ccc3c2Cl)C[C@H](C)O1. The van der Waals surface area contributed by atoms with Gasteiger partial charge in [0, 0.05) is 18.5 Å². The molecular weight excluding hydrogens is 365 g/mol. The Balaban J connectivity index is 2.01. The molecule has 1 aliphatic rings. The lowest BCUT2D eigenvalue weighted by Crippen LogP contribution is -2.48. The molecule has 118 valence electrons. The van der Waals surface area contributed by atoms with Crippen LogP contribution in [0.15, 0.2) is 12.1 Å². The molecule has 0 radical (unpaired) electrons. The summed E-state index contributed by atoms with van der Waals surface area (Å²) >= 11 is 19.9. The Labute approximate surface area is 147 Å². The highest BCUT2D eigenvalue weighted by Gasteiger charge is 2.29. The molecule has 22 heavy (non-hydrogen) atoms. The van der Waals surface area contributed by atoms with Gasteiger partial charge in [0.25, 0.3) is 5.91 Å². The van der Waals surface area contributed by atoms with Gasteiger partial charge in [0.05, 0.1) is 32.0 Å². The topological polar surface area (TPSA) is 29.5 Å². The molecule has 0 bridgehead atoms. The van der Waals surface area contributed by atoms with E-state index in [1.54, 1.807) is 17.0 Å². The number of hydrogen-bond acceptors (Lipinski definition) is 3. The van der Waals surface area contributed by atoms with E-state index in [0.717, 1.165) is 10.1 Å². The fourth-order valence-corrected chi connectivity index (χ4v) is 4.70. The molecule has 1 saturated heterocycles. The summed E-state index contributed by atoms with van der Waals surface area (Å²) in [5.41, 5.74) is 0. The van der Waals surface area contributed by atoms with Crippen LogP contribution in [0.3, 0.4) is 0 Å². The Morgan fingerprint density at radius 2 is 1.82 bits per heavy atom. The maximum atomic E-state index is 12.8. The molecule has 3 rings (SSSR count). The zero-order valence-electron chi connectivity index (χ0n) is 12.0. The number of carbonyl (C=O) groups excluding carboxylic acids is 1. The molecule has 2 atom stereocenters. The lowest BCUT2D eigenvalue weighted by Gasteiger charge is -2.35. The van der Waals surface area contributed by atoms with Gasteiger partial charge >= 0.3 is 0 Å². The number of carbonyl (C=O) groups is 1. The molecule has 7 heteroatoms. The average molecular weight is 379 g/mol. The minimum atomic E-state index is -0.0830. The highest BCUT2D eigenvalue weighted by Crippen LogP contribution is 2.42. The number of ether oxygens (including phenoxy) is 1. The first-order valence-electron chi connectivity index (χ1n) is 6.89. The Kier molecular flexibility index (Phi) is 4.59. The summed E-state index contributed by atoms with van der Waals surface area (Å²) in [6, 6.07) is 3.49. The molecule has 0 saturated carbocycles. The van der Waals surface area contributed by atoms with Crippen LogP contribution in [0.2, 0.25) is 15.1 Å². The Morgan fingerprint density at radius 1 is 1.18 bits per heavy atom. The number of thiophene rings is 1. The molecule has 1 aromatic heterocycles. The number of rotatable bonds is 1. The van der Waals surface area contributed by atoms with E-state index in [-0.39, 0.29) is 18.1 Å². The van der Waals surface area contributed by atoms with Crippen molar-refractivity contribution in [1.29, 1.82) is 0 Å². The van der Waals surface area contributed by atoms with E-state index in [0.29, 0.717) is 33.0 Å². The molecular formula is C15H14Cl3NO2S. The van der Waals surface area contributed by atoms with Gasteiger partial charge in [0.2, 0.25) is 0 Å². The number of nitrogens with zero attached hydrogens (tertiary/aromatic N) is 1. The van der Waals surface area contributed by atoms with Gasteiger partial charge in [-0.1, -0.05) is 40.9 Å². The second-order valence-corrected chi connectivity index (χ2v) is 7.63. The van der Waals surface area contributed by atoms with Gasteiger partial charge in [-0.2, -0.15) is 0 Å². The summed E-state index contributed by atoms with van der Waals surface area (Å²) in [5.74, 6) is -0.0830. The Bertz CT molecular complexity index is 736. The number of hydrogen-bond donors (Lipinski definition) is 0. The molecule has 1 amide bonds. The van der Waals surface area contributed by atoms with Crippen LogP contribution in [0.1, 0.15) is 23.5 Å². The van der Waals surface area contributed by atoms with Crippen LogP contribution in [0.4, 0.5) is 0 Å². The van der Waals surface area contributed by atoms with Crippen molar-refractivity contribution < 1.29 is 9.53 Å². The number of halogens is 3. The minimum Gasteiger partial charge on any atom is -0.372 e. The van der Waals surface area contributed by atoms with E-state index in [1.807, 2.05) is 13.8 Å². The predicted molar refractivity (Wildman–Crippen MR) is 92.8 cm³/mol. The van der Waals surface area contributed by atoms with Crippen molar-refractivity contribution in [2.75, 3.05) is 13.1 Å². The third kappa shape index (κ3) is 2.83. The first-order valence-corrected chi connectivity index (χ1v) is 8.84. The van der Waals surface area contributed by atoms with Gasteiger partial charge in [-0.15, -0.1) is 11.3 Å². The molecule has 3 nitrogen and oxygen atoms in total. The second-order valence-electron chi connectivity index (χ2n) is 5.45. The summed E-state index contributed by atoms with van der Waals surface area (Å²) in [7, 11) is 0. The normalized spacial score (nSPS) is 22.3. The maximum Gasteiger partial charge on any atom is 0.265 e. The van der Waals surface area contributed by atoms with Gasteiger partial charge in [-0.25, -0.2) is 0 Å². The fraction of sp³-hybridized carbons (Fsp3) is 0.400. The molecule has 2 heterocycles. The van der Waals surface area contributed by atoms with Crippen LogP contribution >= 0.6 is 46.1 Å². The zero-order valence-corrected chi connectivity index (χ0v) is 15.1. The second kappa shape index (κ2) is 6.17. The molecule has 0 unspecified atom stereocenters. The standard InChI is InChI=1S/C15H14Cl3NO2S/c1-7-5-19(6-8(2)21-7)15(20)14-11(17)9-3-4-10(16)12(18)13(9)22-14/h3-4,7-8H,5-6H2,1-2H3/t7-,8+. The molecule has 1 aliphatic heterocycles. The summed E-state index contributed by atoms with van der Waals surface area (Å²) < 4.78 is 6.41. The Hall–Kier alpha value is -0.520. The van der Waals surface area contributed by atoms with Gasteiger partial charge in [0.15, 0.2) is 0 Å². The zero-order chi connectivity index (χ0) is 16.0. The van der Waals surface area contributed by atoms with Crippen LogP contribution in [-0.4, -0.2) is 36.1 Å². The van der Waals surface area contributed by atoms with Crippen LogP contribution in [0.5, 0.6) is 0 Å². The van der Waals surface area contributed by atoms with E-state index in [2.05, 4.69) is 0 Å². The smallest absolute Gasteiger partial charge is 0.265 e. The van der Waals surface area contributed by atoms with Crippen molar-refractivity contribution in [2.45, 2.75) is 26.1 Å². The number of amides is 1. The monoisotopic (exact) mass is 377 g/mol. The lowest BCUT2D eigenvalue weighted by molar-refractivity contribution is -0.0584. The molecule has 2 aromatic rings. The molecule has 0 spiro atoms. The van der Waals surface area contributed by atoms with Crippen molar-refractivity contribution in [3.63, 3.8) is 0 Å². The van der Waals surface area contributed by atoms with Crippen molar-refractivity contribution in [2.24, 2.45) is 0 Å². The summed E-state index contributed by atoms with van der Waals surface area (Å²) in [6.45, 7) is 5.03. The average Bonchev–Trinajstić information content (AvgIpc) is 2.79. The highest BCUT2D eigenvalue weighted by atomic mass is 35.5. The van der Waals surface area contributed by atoms with Gasteiger partial charge < -0.3 is 9.64 Å². The molecule has 1 aromatic carbocycles. The summed E-state index contributed by atoms with van der Waals surface area (Å²) in [6.07, 6.45) is 0.0257. The number of benzene rings is 1. The predicted octanol–water partition coefficient (Wildman–Crippen LogP) is 5.11. The van der Waals surface area contributed by atoms with Crippen LogP contribution in [-0.2, 0) is 4.74 Å². The number of fused-ring (bicyclic) bond motifs is 1. The van der Waals surface area contributed by atoms with E-state index >= 15 is 0 Å². The summed E-state index contributed by atoms with van der Waals surface area (Å²) in [4.78, 5) is 15.1. The van der Waals surface area contributed by atoms with Gasteiger partial charge in [-0.3, -0.25) is 4.79 Å². The first kappa shape index (κ1) is 16.3. The van der Waals surface area contributed by atoms with Crippen molar-refractivity contribution >= 4 is 62.1 Å². The van der Waals surface area contributed by atoms with E-state index < -0.39 is 0 Å². The lowest BCUT2D eigenvalue weighted by atomic mass is 10.2. The van der Waals surface area contributed by atoms with E-state index in [4.69, 9.17) is 39.5 Å². The van der Waals surface area contributed by atoms with Gasteiger partial charge in [-0.05, 0) is 19.9 Å². The van der Waals surface area contributed by atoms with Gasteiger partial charge in [0.1, 0.15) is 4.88 Å². The van der Waals surface area contributed by atoms with Crippen LogP contribution in [0, 0.1) is 0 Å². The quantitative estimate of drug-likeness (QED) is 0.690. The molecule has 1 fully saturated rings. The molecule has 0 N–H and O–H groups in total. The fourth-order valence-electron chi connectivity index (χ4n) is 2.70. The van der Waals surface area contributed by atoms with Crippen molar-refractivity contribution in [1.82, 2.24) is 4.90 Å². The van der Waals surface area contributed by atoms with E-state index in [9.17, 15) is 4.79 Å². The van der Waals surface area contributed by atoms with Crippen molar-refractivity contribution in [3.8, 4) is 0 Å². The molecule has 0 aliphatic carbocycles. The number of morpholine rings is 1. The first-order chi connectivity index (χ1) is 10.4.